The van der Waals surface area contributed by atoms with E-state index in [1.54, 1.807) is 6.92 Å². The van der Waals surface area contributed by atoms with Gasteiger partial charge in [0.2, 0.25) is 0 Å². The van der Waals surface area contributed by atoms with Crippen LogP contribution < -0.4 is 0 Å². The Morgan fingerprint density at radius 3 is 2.79 bits per heavy atom. The van der Waals surface area contributed by atoms with Gasteiger partial charge in [0.05, 0.1) is 5.56 Å². The van der Waals surface area contributed by atoms with Gasteiger partial charge in [-0.2, -0.15) is 13.2 Å². The second kappa shape index (κ2) is 6.86. The van der Waals surface area contributed by atoms with E-state index in [1.807, 2.05) is 0 Å². The lowest BCUT2D eigenvalue weighted by Crippen LogP contribution is -2.31. The van der Waals surface area contributed by atoms with Gasteiger partial charge in [0, 0.05) is 24.0 Å². The predicted molar refractivity (Wildman–Crippen MR) is 81.6 cm³/mol. The van der Waals surface area contributed by atoms with E-state index in [0.717, 1.165) is 6.07 Å². The molecule has 0 unspecified atom stereocenters. The van der Waals surface area contributed by atoms with Gasteiger partial charge in [0.15, 0.2) is 0 Å². The lowest BCUT2D eigenvalue weighted by molar-refractivity contribution is -0.141. The summed E-state index contributed by atoms with van der Waals surface area (Å²) in [6, 6.07) is 0.546. The molecule has 0 N–H and O–H groups in total. The van der Waals surface area contributed by atoms with Crippen LogP contribution in [0.2, 0.25) is 5.15 Å². The van der Waals surface area contributed by atoms with Gasteiger partial charge in [0.1, 0.15) is 10.8 Å². The number of halogens is 4. The van der Waals surface area contributed by atoms with E-state index in [-0.39, 0.29) is 23.1 Å². The first-order valence-electron chi connectivity index (χ1n) is 7.23. The maximum absolute atomic E-state index is 12.7. The molecule has 10 heteroatoms. The van der Waals surface area contributed by atoms with E-state index in [4.69, 9.17) is 17.1 Å². The van der Waals surface area contributed by atoms with Crippen molar-refractivity contribution >= 4 is 17.5 Å². The molecule has 1 aliphatic heterocycles. The average Bonchev–Trinajstić information content (AvgIpc) is 2.95. The number of alkyl halides is 3. The fourth-order valence-corrected chi connectivity index (χ4v) is 3.06. The van der Waals surface area contributed by atoms with Gasteiger partial charge in [-0.1, -0.05) is 23.6 Å². The van der Waals surface area contributed by atoms with Gasteiger partial charge in [-0.25, -0.2) is 4.98 Å². The number of rotatable bonds is 3. The number of amides is 1. The number of carbonyl (C=O) groups is 1. The molecule has 1 aliphatic rings. The molecule has 0 aromatic carbocycles. The molecule has 1 saturated heterocycles. The minimum Gasteiger partial charge on any atom is -0.338 e. The van der Waals surface area contributed by atoms with Gasteiger partial charge in [-0.05, 0) is 36.4 Å². The Labute approximate surface area is 141 Å². The molecule has 0 spiro atoms. The highest BCUT2D eigenvalue weighted by Gasteiger charge is 2.36. The monoisotopic (exact) mass is 361 g/mol. The van der Waals surface area contributed by atoms with Crippen molar-refractivity contribution in [3.8, 4) is 0 Å². The molecule has 2 atom stereocenters. The zero-order valence-corrected chi connectivity index (χ0v) is 13.8. The molecule has 1 aromatic rings. The number of hydrogen-bond donors (Lipinski definition) is 0. The maximum Gasteiger partial charge on any atom is 0.433 e. The molecule has 2 rings (SSSR count). The second-order valence-corrected chi connectivity index (χ2v) is 6.09. The van der Waals surface area contributed by atoms with Gasteiger partial charge >= 0.3 is 6.18 Å². The molecule has 0 bridgehead atoms. The minimum absolute atomic E-state index is 0.00587. The molecular formula is C14H15ClF3N5O. The van der Waals surface area contributed by atoms with Crippen LogP contribution in [-0.2, 0) is 6.18 Å². The summed E-state index contributed by atoms with van der Waals surface area (Å²) < 4.78 is 38.2. The van der Waals surface area contributed by atoms with E-state index in [2.05, 4.69) is 15.0 Å². The molecular weight excluding hydrogens is 347 g/mol. The van der Waals surface area contributed by atoms with Gasteiger partial charge in [-0.3, -0.25) is 4.79 Å². The van der Waals surface area contributed by atoms with E-state index < -0.39 is 22.9 Å². The van der Waals surface area contributed by atoms with Crippen LogP contribution in [0.1, 0.15) is 35.0 Å². The Morgan fingerprint density at radius 1 is 1.58 bits per heavy atom. The summed E-state index contributed by atoms with van der Waals surface area (Å²) in [7, 11) is 0. The van der Waals surface area contributed by atoms with Crippen molar-refractivity contribution in [2.45, 2.75) is 32.5 Å². The van der Waals surface area contributed by atoms with Crippen LogP contribution >= 0.6 is 11.6 Å². The van der Waals surface area contributed by atoms with Crippen LogP contribution in [0.5, 0.6) is 0 Å². The summed E-state index contributed by atoms with van der Waals surface area (Å²) in [5, 5.41) is 3.17. The molecule has 2 heterocycles. The van der Waals surface area contributed by atoms with Crippen LogP contribution in [0.3, 0.4) is 0 Å². The first kappa shape index (κ1) is 18.4. The van der Waals surface area contributed by atoms with E-state index in [0.29, 0.717) is 19.5 Å². The normalized spacial score (nSPS) is 19.1. The molecule has 0 aliphatic carbocycles. The van der Waals surface area contributed by atoms with Crippen LogP contribution in [0, 0.1) is 12.8 Å². The molecule has 130 valence electrons. The van der Waals surface area contributed by atoms with Crippen molar-refractivity contribution in [3.63, 3.8) is 0 Å². The Bertz CT molecular complexity index is 679. The Morgan fingerprint density at radius 2 is 2.25 bits per heavy atom. The first-order chi connectivity index (χ1) is 11.1. The van der Waals surface area contributed by atoms with Gasteiger partial charge in [-0.15, -0.1) is 0 Å². The third-order valence-corrected chi connectivity index (χ3v) is 4.38. The Kier molecular flexibility index (Phi) is 5.25. The highest BCUT2D eigenvalue weighted by atomic mass is 35.5. The SMILES string of the molecule is Cc1cc(C(F)(F)F)nc(Cl)c1C(=O)N1CC[C@H]([C@H](C)N=[N+]=[N-])C1. The molecule has 1 aromatic heterocycles. The number of carbonyl (C=O) groups excluding carboxylic acids is 1. The lowest BCUT2D eigenvalue weighted by Gasteiger charge is -2.20. The fourth-order valence-electron chi connectivity index (χ4n) is 2.74. The quantitative estimate of drug-likeness (QED) is 0.349. The molecule has 24 heavy (non-hydrogen) atoms. The largest absolute Gasteiger partial charge is 0.433 e. The van der Waals surface area contributed by atoms with E-state index in [1.165, 1.54) is 11.8 Å². The molecule has 0 radical (unpaired) electrons. The summed E-state index contributed by atoms with van der Waals surface area (Å²) in [6.45, 7) is 3.93. The number of azide groups is 1. The Hall–Kier alpha value is -1.99. The highest BCUT2D eigenvalue weighted by molar-refractivity contribution is 6.32. The van der Waals surface area contributed by atoms with Crippen LogP contribution in [0.4, 0.5) is 13.2 Å². The van der Waals surface area contributed by atoms with Crippen LogP contribution in [-0.4, -0.2) is 34.9 Å². The summed E-state index contributed by atoms with van der Waals surface area (Å²) >= 11 is 5.84. The minimum atomic E-state index is -4.63. The number of likely N-dealkylation sites (tertiary alicyclic amines) is 1. The van der Waals surface area contributed by atoms with Crippen molar-refractivity contribution in [3.05, 3.63) is 38.5 Å². The third-order valence-electron chi connectivity index (χ3n) is 4.10. The van der Waals surface area contributed by atoms with Crippen molar-refractivity contribution < 1.29 is 18.0 Å². The smallest absolute Gasteiger partial charge is 0.338 e. The number of aryl methyl sites for hydroxylation is 1. The lowest BCUT2D eigenvalue weighted by atomic mass is 10.0. The summed E-state index contributed by atoms with van der Waals surface area (Å²) in [5.41, 5.74) is 7.45. The third kappa shape index (κ3) is 3.73. The number of hydrogen-bond acceptors (Lipinski definition) is 3. The van der Waals surface area contributed by atoms with Gasteiger partial charge in [0.25, 0.3) is 5.91 Å². The van der Waals surface area contributed by atoms with E-state index in [9.17, 15) is 18.0 Å². The number of pyridine rings is 1. The van der Waals surface area contributed by atoms with Crippen molar-refractivity contribution in [2.24, 2.45) is 11.0 Å². The molecule has 1 fully saturated rings. The molecule has 1 amide bonds. The number of nitrogens with zero attached hydrogens (tertiary/aromatic N) is 5. The van der Waals surface area contributed by atoms with Crippen molar-refractivity contribution in [1.29, 1.82) is 0 Å². The maximum atomic E-state index is 12.7. The van der Waals surface area contributed by atoms with Crippen molar-refractivity contribution in [2.75, 3.05) is 13.1 Å². The summed E-state index contributed by atoms with van der Waals surface area (Å²) in [4.78, 5) is 20.2. The predicted octanol–water partition coefficient (Wildman–Crippen LogP) is 4.22. The first-order valence-corrected chi connectivity index (χ1v) is 7.60. The average molecular weight is 362 g/mol. The summed E-state index contributed by atoms with van der Waals surface area (Å²) in [6.07, 6.45) is -3.98. The van der Waals surface area contributed by atoms with Crippen molar-refractivity contribution in [1.82, 2.24) is 9.88 Å². The zero-order valence-electron chi connectivity index (χ0n) is 13.0. The standard InChI is InChI=1S/C14H15ClF3N5O/c1-7-5-10(14(16,17)18)20-12(15)11(7)13(24)23-4-3-9(6-23)8(2)21-22-19/h5,8-9H,3-4,6H2,1-2H3/t8-,9-/m0/s1. The van der Waals surface area contributed by atoms with Gasteiger partial charge < -0.3 is 4.90 Å². The fraction of sp³-hybridized carbons (Fsp3) is 0.571. The molecule has 0 saturated carbocycles. The number of aromatic nitrogens is 1. The molecule has 6 nitrogen and oxygen atoms in total. The van der Waals surface area contributed by atoms with Crippen LogP contribution in [0.15, 0.2) is 11.2 Å². The Balaban J connectivity index is 2.24. The van der Waals surface area contributed by atoms with Crippen LogP contribution in [0.25, 0.3) is 10.4 Å². The summed E-state index contributed by atoms with van der Waals surface area (Å²) in [5.74, 6) is -0.458. The second-order valence-electron chi connectivity index (χ2n) is 5.73. The topological polar surface area (TPSA) is 82.0 Å². The zero-order chi connectivity index (χ0) is 18.1. The highest BCUT2D eigenvalue weighted by Crippen LogP contribution is 2.32. The van der Waals surface area contributed by atoms with E-state index >= 15 is 0 Å².